The Morgan fingerprint density at radius 1 is 1.50 bits per heavy atom. The van der Waals surface area contributed by atoms with Crippen molar-refractivity contribution in [2.45, 2.75) is 6.92 Å². The summed E-state index contributed by atoms with van der Waals surface area (Å²) < 4.78 is 5.19. The number of benzene rings is 1. The lowest BCUT2D eigenvalue weighted by Crippen LogP contribution is -1.83. The summed E-state index contributed by atoms with van der Waals surface area (Å²) in [6.07, 6.45) is 3.02. The van der Waals surface area contributed by atoms with E-state index in [2.05, 4.69) is 0 Å². The molecular formula is C10H12O2. The van der Waals surface area contributed by atoms with Crippen LogP contribution in [0.15, 0.2) is 36.6 Å². The molecule has 0 aliphatic rings. The van der Waals surface area contributed by atoms with Gasteiger partial charge in [-0.2, -0.15) is 0 Å². The van der Waals surface area contributed by atoms with Crippen LogP contribution < -0.4 is 4.74 Å². The van der Waals surface area contributed by atoms with Crippen molar-refractivity contribution in [1.82, 2.24) is 0 Å². The highest BCUT2D eigenvalue weighted by Gasteiger charge is 1.89. The molecule has 0 fully saturated rings. The third kappa shape index (κ3) is 2.76. The Morgan fingerprint density at radius 2 is 2.33 bits per heavy atom. The molecule has 0 unspecified atom stereocenters. The van der Waals surface area contributed by atoms with E-state index in [4.69, 9.17) is 9.84 Å². The molecule has 0 aliphatic carbocycles. The van der Waals surface area contributed by atoms with Gasteiger partial charge in [-0.25, -0.2) is 0 Å². The molecular weight excluding hydrogens is 152 g/mol. The fourth-order valence-electron chi connectivity index (χ4n) is 0.858. The summed E-state index contributed by atoms with van der Waals surface area (Å²) in [5.74, 6) is 0.791. The highest BCUT2D eigenvalue weighted by Crippen LogP contribution is 2.12. The molecule has 64 valence electrons. The van der Waals surface area contributed by atoms with E-state index in [0.29, 0.717) is 0 Å². The molecule has 1 rings (SSSR count). The zero-order chi connectivity index (χ0) is 8.81. The molecule has 0 aliphatic heterocycles. The first-order chi connectivity index (χ1) is 5.83. The smallest absolute Gasteiger partial charge is 0.126 e. The van der Waals surface area contributed by atoms with Gasteiger partial charge in [0.05, 0.1) is 12.9 Å². The third-order valence-electron chi connectivity index (χ3n) is 1.40. The lowest BCUT2D eigenvalue weighted by atomic mass is 10.2. The van der Waals surface area contributed by atoms with Crippen LogP contribution >= 0.6 is 0 Å². The molecule has 0 bridgehead atoms. The Bertz CT molecular complexity index is 266. The summed E-state index contributed by atoms with van der Waals surface area (Å²) in [4.78, 5) is 0. The predicted octanol–water partition coefficient (Wildman–Crippen LogP) is 1.88. The van der Waals surface area contributed by atoms with Crippen LogP contribution in [-0.4, -0.2) is 11.7 Å². The fourth-order valence-corrected chi connectivity index (χ4v) is 0.858. The molecule has 1 aromatic carbocycles. The molecule has 12 heavy (non-hydrogen) atoms. The highest BCUT2D eigenvalue weighted by atomic mass is 16.5. The molecule has 0 atom stereocenters. The van der Waals surface area contributed by atoms with E-state index in [9.17, 15) is 0 Å². The summed E-state index contributed by atoms with van der Waals surface area (Å²) in [7, 11) is 0. The first-order valence-corrected chi connectivity index (χ1v) is 3.82. The molecule has 1 aromatic rings. The topological polar surface area (TPSA) is 29.5 Å². The Labute approximate surface area is 72.1 Å². The van der Waals surface area contributed by atoms with Gasteiger partial charge < -0.3 is 9.84 Å². The van der Waals surface area contributed by atoms with Crippen LogP contribution in [0.5, 0.6) is 5.75 Å². The fraction of sp³-hybridized carbons (Fsp3) is 0.200. The van der Waals surface area contributed by atoms with Crippen LogP contribution in [0.3, 0.4) is 0 Å². The van der Waals surface area contributed by atoms with E-state index in [1.54, 1.807) is 6.08 Å². The second kappa shape index (κ2) is 4.57. The molecule has 0 saturated heterocycles. The number of ether oxygens (including phenoxy) is 1. The van der Waals surface area contributed by atoms with Gasteiger partial charge in [-0.3, -0.25) is 0 Å². The van der Waals surface area contributed by atoms with Crippen molar-refractivity contribution in [2.75, 3.05) is 6.61 Å². The number of hydrogen-bond donors (Lipinski definition) is 1. The standard InChI is InChI=1S/C10H12O2/c1-9-4-2-5-10(8-9)12-7-3-6-11/h2-5,7-8,11H,6H2,1H3. The Morgan fingerprint density at radius 3 is 3.00 bits per heavy atom. The molecule has 0 radical (unpaired) electrons. The van der Waals surface area contributed by atoms with Crippen molar-refractivity contribution in [3.8, 4) is 5.75 Å². The van der Waals surface area contributed by atoms with Gasteiger partial charge in [0.2, 0.25) is 0 Å². The zero-order valence-electron chi connectivity index (χ0n) is 7.03. The van der Waals surface area contributed by atoms with Gasteiger partial charge in [0, 0.05) is 0 Å². The molecule has 2 heteroatoms. The summed E-state index contributed by atoms with van der Waals surface area (Å²) in [5.41, 5.74) is 1.16. The number of hydrogen-bond acceptors (Lipinski definition) is 2. The Balaban J connectivity index is 2.57. The molecule has 2 nitrogen and oxygen atoms in total. The van der Waals surface area contributed by atoms with Crippen LogP contribution in [0.25, 0.3) is 0 Å². The Hall–Kier alpha value is -1.28. The molecule has 0 amide bonds. The van der Waals surface area contributed by atoms with Gasteiger partial charge >= 0.3 is 0 Å². The minimum Gasteiger partial charge on any atom is -0.465 e. The quantitative estimate of drug-likeness (QED) is 0.691. The van der Waals surface area contributed by atoms with Crippen LogP contribution in [0.2, 0.25) is 0 Å². The second-order valence-corrected chi connectivity index (χ2v) is 2.49. The molecule has 0 spiro atoms. The van der Waals surface area contributed by atoms with Crippen molar-refractivity contribution < 1.29 is 9.84 Å². The van der Waals surface area contributed by atoms with Crippen LogP contribution in [0.1, 0.15) is 5.56 Å². The van der Waals surface area contributed by atoms with E-state index >= 15 is 0 Å². The third-order valence-corrected chi connectivity index (χ3v) is 1.40. The second-order valence-electron chi connectivity index (χ2n) is 2.49. The van der Waals surface area contributed by atoms with Crippen LogP contribution in [-0.2, 0) is 0 Å². The normalized spacial score (nSPS) is 10.5. The summed E-state index contributed by atoms with van der Waals surface area (Å²) in [6, 6.07) is 7.73. The van der Waals surface area contributed by atoms with Crippen molar-refractivity contribution in [3.05, 3.63) is 42.2 Å². The lowest BCUT2D eigenvalue weighted by Gasteiger charge is -1.99. The van der Waals surface area contributed by atoms with Gasteiger partial charge in [-0.05, 0) is 30.7 Å². The average molecular weight is 164 g/mol. The van der Waals surface area contributed by atoms with Gasteiger partial charge in [-0.15, -0.1) is 0 Å². The van der Waals surface area contributed by atoms with Gasteiger partial charge in [0.1, 0.15) is 5.75 Å². The van der Waals surface area contributed by atoms with E-state index in [-0.39, 0.29) is 6.61 Å². The van der Waals surface area contributed by atoms with Crippen molar-refractivity contribution in [1.29, 1.82) is 0 Å². The zero-order valence-corrected chi connectivity index (χ0v) is 7.03. The van der Waals surface area contributed by atoms with Crippen molar-refractivity contribution in [2.24, 2.45) is 0 Å². The summed E-state index contributed by atoms with van der Waals surface area (Å²) in [5, 5.41) is 8.43. The first-order valence-electron chi connectivity index (χ1n) is 3.82. The van der Waals surface area contributed by atoms with Crippen molar-refractivity contribution in [3.63, 3.8) is 0 Å². The number of aliphatic hydroxyl groups excluding tert-OH is 1. The van der Waals surface area contributed by atoms with E-state index < -0.39 is 0 Å². The van der Waals surface area contributed by atoms with Crippen molar-refractivity contribution >= 4 is 0 Å². The molecule has 0 saturated carbocycles. The number of rotatable bonds is 3. The highest BCUT2D eigenvalue weighted by molar-refractivity contribution is 5.27. The van der Waals surface area contributed by atoms with E-state index in [1.165, 1.54) is 6.26 Å². The first kappa shape index (κ1) is 8.81. The van der Waals surface area contributed by atoms with Gasteiger partial charge in [0.15, 0.2) is 0 Å². The predicted molar refractivity (Wildman–Crippen MR) is 48.0 cm³/mol. The monoisotopic (exact) mass is 164 g/mol. The maximum atomic E-state index is 8.43. The summed E-state index contributed by atoms with van der Waals surface area (Å²) in [6.45, 7) is 2.01. The SMILES string of the molecule is Cc1cccc(OC=CCO)c1. The Kier molecular flexibility index (Phi) is 3.35. The minimum absolute atomic E-state index is 0.00577. The number of aliphatic hydroxyl groups is 1. The van der Waals surface area contributed by atoms with Gasteiger partial charge in [0.25, 0.3) is 0 Å². The lowest BCUT2D eigenvalue weighted by molar-refractivity contribution is 0.338. The maximum absolute atomic E-state index is 8.43. The van der Waals surface area contributed by atoms with Gasteiger partial charge in [-0.1, -0.05) is 12.1 Å². The average Bonchev–Trinajstić information content (AvgIpc) is 2.05. The molecule has 0 heterocycles. The van der Waals surface area contributed by atoms with E-state index in [0.717, 1.165) is 11.3 Å². The minimum atomic E-state index is 0.00577. The largest absolute Gasteiger partial charge is 0.465 e. The van der Waals surface area contributed by atoms with Crippen LogP contribution in [0, 0.1) is 6.92 Å². The molecule has 0 aromatic heterocycles. The summed E-state index contributed by atoms with van der Waals surface area (Å²) >= 11 is 0. The van der Waals surface area contributed by atoms with Crippen LogP contribution in [0.4, 0.5) is 0 Å². The van der Waals surface area contributed by atoms with E-state index in [1.807, 2.05) is 31.2 Å². The number of aryl methyl sites for hydroxylation is 1. The maximum Gasteiger partial charge on any atom is 0.126 e. The molecule has 1 N–H and O–H groups in total.